The number of rotatable bonds is 11. The molecule has 4 N–H and O–H groups in total. The summed E-state index contributed by atoms with van der Waals surface area (Å²) in [5, 5.41) is 12.7. The molecule has 1 heterocycles. The number of aliphatic carboxylic acids is 1. The molecule has 0 bridgehead atoms. The summed E-state index contributed by atoms with van der Waals surface area (Å²) in [5.41, 5.74) is 5.24. The van der Waals surface area contributed by atoms with Crippen LogP contribution in [0.4, 0.5) is 0 Å². The predicted molar refractivity (Wildman–Crippen MR) is 150 cm³/mol. The van der Waals surface area contributed by atoms with Crippen molar-refractivity contribution in [3.63, 3.8) is 0 Å². The molecule has 0 saturated heterocycles. The van der Waals surface area contributed by atoms with Gasteiger partial charge in [0.1, 0.15) is 5.82 Å². The van der Waals surface area contributed by atoms with E-state index >= 15 is 0 Å². The summed E-state index contributed by atoms with van der Waals surface area (Å²) in [6.45, 7) is 1.26. The molecule has 198 valence electrons. The van der Waals surface area contributed by atoms with Gasteiger partial charge in [-0.05, 0) is 46.5 Å². The van der Waals surface area contributed by atoms with Crippen LogP contribution in [0.25, 0.3) is 22.2 Å². The fourth-order valence-electron chi connectivity index (χ4n) is 4.42. The highest BCUT2D eigenvalue weighted by Gasteiger charge is 2.24. The topological polar surface area (TPSA) is 124 Å². The SMILES string of the molecule is O=C(O)C[C@@H](NS(=O)(=O)c1cccc(-c2ccc(CNCc3nc4ccccc4[nH]3)cc2)c1)c1ccccc1. The van der Waals surface area contributed by atoms with Crippen molar-refractivity contribution in [2.75, 3.05) is 0 Å². The number of hydrogen-bond acceptors (Lipinski definition) is 5. The molecule has 0 aliphatic rings. The molecule has 0 aliphatic carbocycles. The minimum absolute atomic E-state index is 0.0721. The van der Waals surface area contributed by atoms with Crippen molar-refractivity contribution >= 4 is 27.0 Å². The Kier molecular flexibility index (Phi) is 7.83. The number of nitrogens with zero attached hydrogens (tertiary/aromatic N) is 1. The van der Waals surface area contributed by atoms with Gasteiger partial charge in [-0.1, -0.05) is 78.9 Å². The highest BCUT2D eigenvalue weighted by Crippen LogP contribution is 2.25. The Labute approximate surface area is 226 Å². The largest absolute Gasteiger partial charge is 0.481 e. The van der Waals surface area contributed by atoms with Crippen LogP contribution in [0.15, 0.2) is 108 Å². The number of aromatic amines is 1. The van der Waals surface area contributed by atoms with E-state index in [0.717, 1.165) is 33.5 Å². The fraction of sp³-hybridized carbons (Fsp3) is 0.133. The Hall–Kier alpha value is -4.31. The van der Waals surface area contributed by atoms with Gasteiger partial charge in [0, 0.05) is 6.54 Å². The number of carboxylic acids is 1. The zero-order valence-electron chi connectivity index (χ0n) is 21.0. The van der Waals surface area contributed by atoms with Crippen molar-refractivity contribution in [2.24, 2.45) is 0 Å². The second-order valence-electron chi connectivity index (χ2n) is 9.21. The van der Waals surface area contributed by atoms with Crippen LogP contribution in [0.2, 0.25) is 0 Å². The lowest BCUT2D eigenvalue weighted by molar-refractivity contribution is -0.137. The first kappa shape index (κ1) is 26.3. The summed E-state index contributed by atoms with van der Waals surface area (Å²) in [6, 6.07) is 30.3. The maximum absolute atomic E-state index is 13.2. The van der Waals surface area contributed by atoms with Gasteiger partial charge in [-0.3, -0.25) is 4.79 Å². The number of imidazole rings is 1. The molecule has 0 saturated carbocycles. The van der Waals surface area contributed by atoms with Gasteiger partial charge in [-0.15, -0.1) is 0 Å². The third-order valence-corrected chi connectivity index (χ3v) is 7.84. The number of carbonyl (C=O) groups is 1. The highest BCUT2D eigenvalue weighted by molar-refractivity contribution is 7.89. The van der Waals surface area contributed by atoms with E-state index in [2.05, 4.69) is 20.0 Å². The van der Waals surface area contributed by atoms with Crippen molar-refractivity contribution in [3.05, 3.63) is 120 Å². The fourth-order valence-corrected chi connectivity index (χ4v) is 5.69. The lowest BCUT2D eigenvalue weighted by Gasteiger charge is -2.18. The zero-order valence-corrected chi connectivity index (χ0v) is 21.9. The Bertz CT molecular complexity index is 1650. The van der Waals surface area contributed by atoms with E-state index in [0.29, 0.717) is 18.7 Å². The average molecular weight is 541 g/mol. The van der Waals surface area contributed by atoms with Crippen molar-refractivity contribution in [1.82, 2.24) is 20.0 Å². The molecule has 39 heavy (non-hydrogen) atoms. The molecule has 0 unspecified atom stereocenters. The number of nitrogens with one attached hydrogen (secondary N) is 3. The van der Waals surface area contributed by atoms with Crippen molar-refractivity contribution in [3.8, 4) is 11.1 Å². The molecule has 8 nitrogen and oxygen atoms in total. The molecule has 5 aromatic rings. The smallest absolute Gasteiger partial charge is 0.305 e. The lowest BCUT2D eigenvalue weighted by atomic mass is 10.0. The maximum atomic E-state index is 13.2. The summed E-state index contributed by atoms with van der Waals surface area (Å²) in [7, 11) is -3.97. The first-order chi connectivity index (χ1) is 18.9. The van der Waals surface area contributed by atoms with Crippen LogP contribution in [0, 0.1) is 0 Å². The van der Waals surface area contributed by atoms with Crippen LogP contribution < -0.4 is 10.0 Å². The van der Waals surface area contributed by atoms with E-state index in [-0.39, 0.29) is 11.3 Å². The molecule has 0 aliphatic heterocycles. The number of aromatic nitrogens is 2. The molecular formula is C30H28N4O4S. The third kappa shape index (κ3) is 6.58. The summed E-state index contributed by atoms with van der Waals surface area (Å²) < 4.78 is 29.0. The number of hydrogen-bond donors (Lipinski definition) is 4. The van der Waals surface area contributed by atoms with Crippen LogP contribution in [0.3, 0.4) is 0 Å². The highest BCUT2D eigenvalue weighted by atomic mass is 32.2. The molecule has 9 heteroatoms. The van der Waals surface area contributed by atoms with Gasteiger partial charge in [0.05, 0.1) is 34.9 Å². The summed E-state index contributed by atoms with van der Waals surface area (Å²) in [6.07, 6.45) is -0.366. The minimum Gasteiger partial charge on any atom is -0.481 e. The van der Waals surface area contributed by atoms with Gasteiger partial charge in [-0.2, -0.15) is 0 Å². The van der Waals surface area contributed by atoms with Gasteiger partial charge >= 0.3 is 5.97 Å². The number of benzene rings is 4. The second-order valence-corrected chi connectivity index (χ2v) is 10.9. The molecule has 0 fully saturated rings. The molecule has 1 aromatic heterocycles. The van der Waals surface area contributed by atoms with Crippen molar-refractivity contribution in [2.45, 2.75) is 30.4 Å². The molecule has 4 aromatic carbocycles. The Morgan fingerprint density at radius 1 is 0.846 bits per heavy atom. The second kappa shape index (κ2) is 11.6. The monoisotopic (exact) mass is 540 g/mol. The van der Waals surface area contributed by atoms with Gasteiger partial charge in [0.25, 0.3) is 0 Å². The summed E-state index contributed by atoms with van der Waals surface area (Å²) >= 11 is 0. The quantitative estimate of drug-likeness (QED) is 0.187. The first-order valence-electron chi connectivity index (χ1n) is 12.5. The number of sulfonamides is 1. The molecule has 1 atom stereocenters. The Morgan fingerprint density at radius 3 is 2.33 bits per heavy atom. The Morgan fingerprint density at radius 2 is 1.59 bits per heavy atom. The molecular weight excluding hydrogens is 512 g/mol. The summed E-state index contributed by atoms with van der Waals surface area (Å²) in [4.78, 5) is 19.4. The van der Waals surface area contributed by atoms with Crippen molar-refractivity contribution < 1.29 is 18.3 Å². The van der Waals surface area contributed by atoms with Crippen LogP contribution in [0.5, 0.6) is 0 Å². The van der Waals surface area contributed by atoms with Gasteiger partial charge in [0.2, 0.25) is 10.0 Å². The summed E-state index contributed by atoms with van der Waals surface area (Å²) in [5.74, 6) is -0.218. The number of H-pyrrole nitrogens is 1. The van der Waals surface area contributed by atoms with E-state index in [1.54, 1.807) is 42.5 Å². The van der Waals surface area contributed by atoms with Crippen LogP contribution >= 0.6 is 0 Å². The van der Waals surface area contributed by atoms with Crippen LogP contribution in [0.1, 0.15) is 29.4 Å². The van der Waals surface area contributed by atoms with Gasteiger partial charge in [-0.25, -0.2) is 18.1 Å². The van der Waals surface area contributed by atoms with Crippen molar-refractivity contribution in [1.29, 1.82) is 0 Å². The van der Waals surface area contributed by atoms with E-state index < -0.39 is 22.0 Å². The van der Waals surface area contributed by atoms with Crippen LogP contribution in [-0.2, 0) is 27.9 Å². The van der Waals surface area contributed by atoms with E-state index in [4.69, 9.17) is 0 Å². The number of para-hydroxylation sites is 2. The lowest BCUT2D eigenvalue weighted by Crippen LogP contribution is -2.30. The molecule has 0 spiro atoms. The average Bonchev–Trinajstić information content (AvgIpc) is 3.36. The van der Waals surface area contributed by atoms with Gasteiger partial charge < -0.3 is 15.4 Å². The minimum atomic E-state index is -3.97. The molecule has 5 rings (SSSR count). The third-order valence-electron chi connectivity index (χ3n) is 6.37. The zero-order chi connectivity index (χ0) is 27.2. The van der Waals surface area contributed by atoms with Crippen LogP contribution in [-0.4, -0.2) is 29.5 Å². The van der Waals surface area contributed by atoms with Gasteiger partial charge in [0.15, 0.2) is 0 Å². The first-order valence-corrected chi connectivity index (χ1v) is 14.0. The standard InChI is InChI=1S/C30H28N4O4S/c35-30(36)18-28(23-7-2-1-3-8-23)34-39(37,38)25-10-6-9-24(17-25)22-15-13-21(14-16-22)19-31-20-29-32-26-11-4-5-12-27(26)33-29/h1-17,28,31,34H,18-20H2,(H,32,33)(H,35,36)/t28-/m1/s1. The van der Waals surface area contributed by atoms with E-state index in [1.807, 2.05) is 54.6 Å². The predicted octanol–water partition coefficient (Wildman–Crippen LogP) is 5.01. The normalized spacial score (nSPS) is 12.4. The Balaban J connectivity index is 1.25. The van der Waals surface area contributed by atoms with E-state index in [9.17, 15) is 18.3 Å². The molecule has 0 radical (unpaired) electrons. The van der Waals surface area contributed by atoms with E-state index in [1.165, 1.54) is 6.07 Å². The molecule has 0 amide bonds. The number of fused-ring (bicyclic) bond motifs is 1. The maximum Gasteiger partial charge on any atom is 0.305 e. The number of carboxylic acid groups (broad SMARTS) is 1.